The Bertz CT molecular complexity index is 214. The first kappa shape index (κ1) is 17.5. The smallest absolute Gasteiger partial charge is 0.210 e. The highest BCUT2D eigenvalue weighted by molar-refractivity contribution is 5.14. The number of allylic oxidation sites excluding steroid dienone is 1. The highest BCUT2D eigenvalue weighted by atomic mass is 16.6. The first-order chi connectivity index (χ1) is 7.61. The average Bonchev–Trinajstić information content (AvgIpc) is 2.71. The number of rotatable bonds is 3. The van der Waals surface area contributed by atoms with Crippen molar-refractivity contribution in [1.29, 1.82) is 0 Å². The fraction of sp³-hybridized carbons (Fsp3) is 0.818. The van der Waals surface area contributed by atoms with Gasteiger partial charge in [-0.3, -0.25) is 10.1 Å². The van der Waals surface area contributed by atoms with Gasteiger partial charge in [0.15, 0.2) is 6.29 Å². The fourth-order valence-corrected chi connectivity index (χ4v) is 1.48. The Morgan fingerprint density at radius 1 is 1.44 bits per heavy atom. The Kier molecular flexibility index (Phi) is 11.5. The molecule has 0 heterocycles. The van der Waals surface area contributed by atoms with E-state index in [4.69, 9.17) is 10.2 Å². The van der Waals surface area contributed by atoms with Crippen LogP contribution < -0.4 is 0 Å². The largest absolute Gasteiger partial charge is 0.365 e. The molecule has 1 rings (SSSR count). The number of aliphatic hydroxyl groups is 2. The summed E-state index contributed by atoms with van der Waals surface area (Å²) in [5.74, 6) is -0.292. The molecule has 0 radical (unpaired) electrons. The summed E-state index contributed by atoms with van der Waals surface area (Å²) in [6.07, 6.45) is 1.48. The van der Waals surface area contributed by atoms with Crippen LogP contribution in [0.3, 0.4) is 0 Å². The van der Waals surface area contributed by atoms with Gasteiger partial charge in [-0.15, -0.1) is 0 Å². The molecule has 1 aliphatic rings. The third-order valence-electron chi connectivity index (χ3n) is 2.03. The van der Waals surface area contributed by atoms with Crippen molar-refractivity contribution in [2.24, 2.45) is 5.92 Å². The third kappa shape index (κ3) is 6.53. The van der Waals surface area contributed by atoms with E-state index in [0.29, 0.717) is 18.4 Å². The summed E-state index contributed by atoms with van der Waals surface area (Å²) in [5.41, 5.74) is 0.395. The van der Waals surface area contributed by atoms with Crippen molar-refractivity contribution in [1.82, 2.24) is 0 Å². The van der Waals surface area contributed by atoms with E-state index in [1.807, 2.05) is 27.7 Å². The lowest BCUT2D eigenvalue weighted by Crippen LogP contribution is -2.20. The Morgan fingerprint density at radius 3 is 2.31 bits per heavy atom. The van der Waals surface area contributed by atoms with E-state index < -0.39 is 11.2 Å². The number of aliphatic hydroxyl groups excluding tert-OH is 1. The SMILES string of the molecule is CC.CC.O=[N+]([O-])CC1CCC=C1C(O)O. The van der Waals surface area contributed by atoms with Gasteiger partial charge in [0.2, 0.25) is 6.54 Å². The number of nitro groups is 1. The van der Waals surface area contributed by atoms with Crippen LogP contribution in [0.15, 0.2) is 11.6 Å². The molecule has 96 valence electrons. The molecule has 5 heteroatoms. The minimum atomic E-state index is -1.53. The maximum atomic E-state index is 10.1. The van der Waals surface area contributed by atoms with Crippen LogP contribution in [-0.4, -0.2) is 28.0 Å². The number of nitrogens with zero attached hydrogens (tertiary/aromatic N) is 1. The van der Waals surface area contributed by atoms with Crippen LogP contribution in [0.5, 0.6) is 0 Å². The molecule has 0 spiro atoms. The van der Waals surface area contributed by atoms with Crippen molar-refractivity contribution in [3.05, 3.63) is 21.8 Å². The number of hydrogen-bond donors (Lipinski definition) is 2. The van der Waals surface area contributed by atoms with Crippen molar-refractivity contribution in [3.63, 3.8) is 0 Å². The standard InChI is InChI=1S/C7H11NO4.2C2H6/c9-7(10)6-3-1-2-5(6)4-8(11)12;2*1-2/h3,5,7,9-10H,1-2,4H2;2*1-2H3. The van der Waals surface area contributed by atoms with Gasteiger partial charge in [0, 0.05) is 10.8 Å². The van der Waals surface area contributed by atoms with Crippen LogP contribution >= 0.6 is 0 Å². The molecule has 2 N–H and O–H groups in total. The lowest BCUT2D eigenvalue weighted by molar-refractivity contribution is -0.486. The fourth-order valence-electron chi connectivity index (χ4n) is 1.48. The van der Waals surface area contributed by atoms with Gasteiger partial charge in [0.25, 0.3) is 0 Å². The van der Waals surface area contributed by atoms with Gasteiger partial charge in [-0.2, -0.15) is 0 Å². The molecule has 5 nitrogen and oxygen atoms in total. The zero-order valence-corrected chi connectivity index (χ0v) is 10.5. The van der Waals surface area contributed by atoms with Crippen LogP contribution in [0.1, 0.15) is 40.5 Å². The highest BCUT2D eigenvalue weighted by Gasteiger charge is 2.27. The Labute approximate surface area is 96.9 Å². The number of hydrogen-bond acceptors (Lipinski definition) is 4. The minimum Gasteiger partial charge on any atom is -0.365 e. The van der Waals surface area contributed by atoms with E-state index in [-0.39, 0.29) is 12.5 Å². The Balaban J connectivity index is 0. The summed E-state index contributed by atoms with van der Waals surface area (Å²) in [7, 11) is 0. The molecule has 0 fully saturated rings. The van der Waals surface area contributed by atoms with Crippen molar-refractivity contribution in [2.75, 3.05) is 6.54 Å². The normalized spacial score (nSPS) is 17.9. The van der Waals surface area contributed by atoms with Crippen LogP contribution in [0, 0.1) is 16.0 Å². The maximum absolute atomic E-state index is 10.1. The lowest BCUT2D eigenvalue weighted by atomic mass is 10.0. The molecule has 0 saturated heterocycles. The van der Waals surface area contributed by atoms with Crippen LogP contribution in [0.4, 0.5) is 0 Å². The average molecular weight is 233 g/mol. The molecule has 0 aromatic heterocycles. The monoisotopic (exact) mass is 233 g/mol. The van der Waals surface area contributed by atoms with Gasteiger partial charge in [-0.1, -0.05) is 33.8 Å². The highest BCUT2D eigenvalue weighted by Crippen LogP contribution is 2.27. The topological polar surface area (TPSA) is 83.6 Å². The molecule has 1 aliphatic carbocycles. The first-order valence-corrected chi connectivity index (χ1v) is 5.79. The summed E-state index contributed by atoms with van der Waals surface area (Å²) in [6.45, 7) is 7.80. The van der Waals surface area contributed by atoms with E-state index in [0.717, 1.165) is 0 Å². The summed E-state index contributed by atoms with van der Waals surface area (Å²) in [4.78, 5) is 9.71. The first-order valence-electron chi connectivity index (χ1n) is 5.79. The van der Waals surface area contributed by atoms with Gasteiger partial charge in [0.1, 0.15) is 0 Å². The van der Waals surface area contributed by atoms with E-state index in [2.05, 4.69) is 0 Å². The van der Waals surface area contributed by atoms with Gasteiger partial charge in [0.05, 0.1) is 0 Å². The van der Waals surface area contributed by atoms with Crippen LogP contribution in [0.25, 0.3) is 0 Å². The lowest BCUT2D eigenvalue weighted by Gasteiger charge is -2.11. The molecule has 0 aromatic rings. The maximum Gasteiger partial charge on any atom is 0.210 e. The molecule has 16 heavy (non-hydrogen) atoms. The summed E-state index contributed by atoms with van der Waals surface area (Å²) < 4.78 is 0. The molecule has 1 unspecified atom stereocenters. The van der Waals surface area contributed by atoms with E-state index in [1.165, 1.54) is 0 Å². The predicted octanol–water partition coefficient (Wildman–Crippen LogP) is 1.96. The Hall–Kier alpha value is -0.940. The molecule has 0 amide bonds. The van der Waals surface area contributed by atoms with E-state index in [1.54, 1.807) is 6.08 Å². The predicted molar refractivity (Wildman–Crippen MR) is 63.6 cm³/mol. The quantitative estimate of drug-likeness (QED) is 0.338. The van der Waals surface area contributed by atoms with Crippen molar-refractivity contribution < 1.29 is 15.1 Å². The summed E-state index contributed by atoms with van der Waals surface area (Å²) in [6, 6.07) is 0. The zero-order chi connectivity index (χ0) is 13.1. The molecule has 1 atom stereocenters. The molecule has 0 saturated carbocycles. The van der Waals surface area contributed by atoms with Crippen molar-refractivity contribution in [2.45, 2.75) is 46.8 Å². The second-order valence-corrected chi connectivity index (χ2v) is 2.87. The van der Waals surface area contributed by atoms with Crippen LogP contribution in [-0.2, 0) is 0 Å². The molecule has 0 aliphatic heterocycles. The van der Waals surface area contributed by atoms with Gasteiger partial charge in [-0.05, 0) is 18.4 Å². The van der Waals surface area contributed by atoms with Crippen molar-refractivity contribution >= 4 is 0 Å². The third-order valence-corrected chi connectivity index (χ3v) is 2.03. The van der Waals surface area contributed by atoms with Crippen LogP contribution in [0.2, 0.25) is 0 Å². The second kappa shape index (κ2) is 10.6. The zero-order valence-electron chi connectivity index (χ0n) is 10.5. The van der Waals surface area contributed by atoms with E-state index in [9.17, 15) is 10.1 Å². The van der Waals surface area contributed by atoms with Gasteiger partial charge < -0.3 is 10.2 Å². The second-order valence-electron chi connectivity index (χ2n) is 2.87. The van der Waals surface area contributed by atoms with Gasteiger partial charge >= 0.3 is 0 Å². The van der Waals surface area contributed by atoms with E-state index >= 15 is 0 Å². The van der Waals surface area contributed by atoms with Crippen molar-refractivity contribution in [3.8, 4) is 0 Å². The molecule has 0 aromatic carbocycles. The molecular weight excluding hydrogens is 210 g/mol. The summed E-state index contributed by atoms with van der Waals surface area (Å²) >= 11 is 0. The minimum absolute atomic E-state index is 0.205. The molecule has 0 bridgehead atoms. The summed E-state index contributed by atoms with van der Waals surface area (Å²) in [5, 5.41) is 27.7. The van der Waals surface area contributed by atoms with Gasteiger partial charge in [-0.25, -0.2) is 0 Å². The molecular formula is C11H23NO4. The Morgan fingerprint density at radius 2 is 1.94 bits per heavy atom.